The third-order valence-electron chi connectivity index (χ3n) is 2.22. The second kappa shape index (κ2) is 7.29. The van der Waals surface area contributed by atoms with Crippen molar-refractivity contribution in [1.29, 1.82) is 0 Å². The van der Waals surface area contributed by atoms with Gasteiger partial charge in [-0.1, -0.05) is 15.9 Å². The number of likely N-dealkylation sites (N-methyl/N-ethyl adjacent to an activating group) is 1. The topological polar surface area (TPSA) is 50.4 Å². The molecule has 1 amide bonds. The largest absolute Gasteiger partial charge is 0.496 e. The normalized spacial score (nSPS) is 10.1. The average molecular weight is 301 g/mol. The van der Waals surface area contributed by atoms with E-state index in [4.69, 9.17) is 4.74 Å². The van der Waals surface area contributed by atoms with E-state index >= 15 is 0 Å². The first-order chi connectivity index (χ1) is 8.17. The molecule has 0 atom stereocenters. The lowest BCUT2D eigenvalue weighted by molar-refractivity contribution is -0.120. The Hall–Kier alpha value is -1.07. The van der Waals surface area contributed by atoms with Gasteiger partial charge >= 0.3 is 0 Å². The van der Waals surface area contributed by atoms with Gasteiger partial charge in [0.2, 0.25) is 5.91 Å². The predicted molar refractivity (Wildman–Crippen MR) is 71.1 cm³/mol. The van der Waals surface area contributed by atoms with Gasteiger partial charge in [-0.3, -0.25) is 4.79 Å². The molecule has 1 rings (SSSR count). The summed E-state index contributed by atoms with van der Waals surface area (Å²) in [5.41, 5.74) is 1.02. The van der Waals surface area contributed by atoms with E-state index in [1.165, 1.54) is 0 Å². The van der Waals surface area contributed by atoms with Crippen LogP contribution < -0.4 is 15.4 Å². The monoisotopic (exact) mass is 300 g/mol. The summed E-state index contributed by atoms with van der Waals surface area (Å²) < 4.78 is 6.24. The van der Waals surface area contributed by atoms with Crippen LogP contribution in [0.1, 0.15) is 12.5 Å². The van der Waals surface area contributed by atoms with Gasteiger partial charge in [-0.2, -0.15) is 0 Å². The Bertz CT molecular complexity index is 383. The lowest BCUT2D eigenvalue weighted by Crippen LogP contribution is -2.33. The van der Waals surface area contributed by atoms with E-state index in [9.17, 15) is 4.79 Å². The lowest BCUT2D eigenvalue weighted by atomic mass is 10.2. The molecule has 0 spiro atoms. The molecule has 2 N–H and O–H groups in total. The van der Waals surface area contributed by atoms with E-state index in [-0.39, 0.29) is 5.91 Å². The number of halogens is 1. The van der Waals surface area contributed by atoms with Crippen molar-refractivity contribution < 1.29 is 9.53 Å². The second-order valence-corrected chi connectivity index (χ2v) is 4.43. The highest BCUT2D eigenvalue weighted by atomic mass is 79.9. The molecule has 0 heterocycles. The van der Waals surface area contributed by atoms with Crippen LogP contribution >= 0.6 is 15.9 Å². The molecule has 0 saturated carbocycles. The van der Waals surface area contributed by atoms with Crippen LogP contribution in [0.15, 0.2) is 22.7 Å². The van der Waals surface area contributed by atoms with Gasteiger partial charge < -0.3 is 15.4 Å². The molecule has 0 bridgehead atoms. The fourth-order valence-electron chi connectivity index (χ4n) is 1.46. The van der Waals surface area contributed by atoms with Crippen molar-refractivity contribution in [2.24, 2.45) is 0 Å². The number of nitrogens with one attached hydrogen (secondary N) is 2. The molecule has 1 aromatic carbocycles. The van der Waals surface area contributed by atoms with Crippen LogP contribution in [0.4, 0.5) is 0 Å². The number of amides is 1. The van der Waals surface area contributed by atoms with Crippen molar-refractivity contribution in [2.45, 2.75) is 13.5 Å². The molecule has 0 aliphatic rings. The highest BCUT2D eigenvalue weighted by Gasteiger charge is 2.04. The predicted octanol–water partition coefficient (Wildman–Crippen LogP) is 1.68. The number of hydrogen-bond acceptors (Lipinski definition) is 3. The molecule has 0 radical (unpaired) electrons. The van der Waals surface area contributed by atoms with Crippen molar-refractivity contribution in [1.82, 2.24) is 10.6 Å². The Kier molecular flexibility index (Phi) is 6.00. The van der Waals surface area contributed by atoms with Gasteiger partial charge in [0, 0.05) is 23.1 Å². The minimum atomic E-state index is 0.00136. The molecule has 0 unspecified atom stereocenters. The van der Waals surface area contributed by atoms with Crippen LogP contribution in [0.25, 0.3) is 0 Å². The highest BCUT2D eigenvalue weighted by molar-refractivity contribution is 9.10. The first-order valence-corrected chi connectivity index (χ1v) is 6.26. The summed E-state index contributed by atoms with van der Waals surface area (Å²) in [4.78, 5) is 11.2. The molecule has 0 aromatic heterocycles. The van der Waals surface area contributed by atoms with Crippen molar-refractivity contribution >= 4 is 21.8 Å². The van der Waals surface area contributed by atoms with Gasteiger partial charge in [0.15, 0.2) is 0 Å². The fourth-order valence-corrected chi connectivity index (χ4v) is 1.86. The first-order valence-electron chi connectivity index (χ1n) is 5.47. The molecular formula is C12H17BrN2O2. The van der Waals surface area contributed by atoms with Gasteiger partial charge in [-0.15, -0.1) is 0 Å². The molecule has 1 aromatic rings. The van der Waals surface area contributed by atoms with Crippen molar-refractivity contribution in [3.05, 3.63) is 28.2 Å². The number of carbonyl (C=O) groups excluding carboxylic acids is 1. The zero-order valence-corrected chi connectivity index (χ0v) is 11.6. The summed E-state index contributed by atoms with van der Waals surface area (Å²) in [6.45, 7) is 3.46. The molecule has 0 saturated heterocycles. The summed E-state index contributed by atoms with van der Waals surface area (Å²) in [6.07, 6.45) is 0. The van der Waals surface area contributed by atoms with Crippen LogP contribution in [-0.4, -0.2) is 26.1 Å². The number of methoxy groups -OCH3 is 1. The van der Waals surface area contributed by atoms with Crippen molar-refractivity contribution in [3.63, 3.8) is 0 Å². The minimum absolute atomic E-state index is 0.00136. The standard InChI is InChI=1S/C12H17BrN2O2/c1-3-15-12(16)8-14-7-9-6-10(13)4-5-11(9)17-2/h4-6,14H,3,7-8H2,1-2H3,(H,15,16). The first kappa shape index (κ1) is 14.0. The molecule has 0 aliphatic carbocycles. The van der Waals surface area contributed by atoms with Crippen LogP contribution in [0.2, 0.25) is 0 Å². The minimum Gasteiger partial charge on any atom is -0.496 e. The molecule has 4 nitrogen and oxygen atoms in total. The van der Waals surface area contributed by atoms with Crippen LogP contribution in [0.5, 0.6) is 5.75 Å². The van der Waals surface area contributed by atoms with E-state index in [1.807, 2.05) is 25.1 Å². The SMILES string of the molecule is CCNC(=O)CNCc1cc(Br)ccc1OC. The molecule has 0 aliphatic heterocycles. The van der Waals surface area contributed by atoms with Gasteiger partial charge in [0.25, 0.3) is 0 Å². The van der Waals surface area contributed by atoms with Gasteiger partial charge in [0.05, 0.1) is 13.7 Å². The molecular weight excluding hydrogens is 284 g/mol. The third kappa shape index (κ3) is 4.75. The molecule has 94 valence electrons. The smallest absolute Gasteiger partial charge is 0.233 e. The number of carbonyl (C=O) groups is 1. The lowest BCUT2D eigenvalue weighted by Gasteiger charge is -2.10. The Morgan fingerprint density at radius 1 is 1.47 bits per heavy atom. The Morgan fingerprint density at radius 3 is 2.88 bits per heavy atom. The summed E-state index contributed by atoms with van der Waals surface area (Å²) in [7, 11) is 1.64. The summed E-state index contributed by atoms with van der Waals surface area (Å²) in [5, 5.41) is 5.81. The summed E-state index contributed by atoms with van der Waals surface area (Å²) in [6, 6.07) is 5.79. The van der Waals surface area contributed by atoms with Crippen LogP contribution in [0.3, 0.4) is 0 Å². The maximum atomic E-state index is 11.2. The summed E-state index contributed by atoms with van der Waals surface area (Å²) in [5.74, 6) is 0.818. The number of hydrogen-bond donors (Lipinski definition) is 2. The fraction of sp³-hybridized carbons (Fsp3) is 0.417. The maximum absolute atomic E-state index is 11.2. The molecule has 17 heavy (non-hydrogen) atoms. The Morgan fingerprint density at radius 2 is 2.24 bits per heavy atom. The zero-order valence-electron chi connectivity index (χ0n) is 10.0. The second-order valence-electron chi connectivity index (χ2n) is 3.51. The van der Waals surface area contributed by atoms with Crippen LogP contribution in [0, 0.1) is 0 Å². The van der Waals surface area contributed by atoms with E-state index in [0.29, 0.717) is 19.6 Å². The highest BCUT2D eigenvalue weighted by Crippen LogP contribution is 2.22. The van der Waals surface area contributed by atoms with Gasteiger partial charge in [-0.25, -0.2) is 0 Å². The zero-order chi connectivity index (χ0) is 12.7. The number of ether oxygens (including phenoxy) is 1. The molecule has 0 fully saturated rings. The number of rotatable bonds is 6. The maximum Gasteiger partial charge on any atom is 0.233 e. The van der Waals surface area contributed by atoms with E-state index < -0.39 is 0 Å². The Balaban J connectivity index is 2.50. The van der Waals surface area contributed by atoms with Gasteiger partial charge in [-0.05, 0) is 25.1 Å². The van der Waals surface area contributed by atoms with E-state index in [2.05, 4.69) is 26.6 Å². The summed E-state index contributed by atoms with van der Waals surface area (Å²) >= 11 is 3.41. The van der Waals surface area contributed by atoms with Crippen molar-refractivity contribution in [3.8, 4) is 5.75 Å². The number of benzene rings is 1. The van der Waals surface area contributed by atoms with Crippen LogP contribution in [-0.2, 0) is 11.3 Å². The van der Waals surface area contributed by atoms with Gasteiger partial charge in [0.1, 0.15) is 5.75 Å². The van der Waals surface area contributed by atoms with E-state index in [1.54, 1.807) is 7.11 Å². The van der Waals surface area contributed by atoms with E-state index in [0.717, 1.165) is 15.8 Å². The average Bonchev–Trinajstić information content (AvgIpc) is 2.30. The quantitative estimate of drug-likeness (QED) is 0.840. The third-order valence-corrected chi connectivity index (χ3v) is 2.71. The Labute approximate surface area is 110 Å². The van der Waals surface area contributed by atoms with Crippen molar-refractivity contribution in [2.75, 3.05) is 20.2 Å². The molecule has 5 heteroatoms.